The first-order chi connectivity index (χ1) is 8.20. The number of nitrogens with one attached hydrogen (secondary N) is 1. The summed E-state index contributed by atoms with van der Waals surface area (Å²) in [5.74, 6) is 0.766. The minimum Gasteiger partial charge on any atom is -0.362 e. The molecule has 4 rings (SSSR count). The maximum atomic E-state index is 6.13. The van der Waals surface area contributed by atoms with E-state index in [-0.39, 0.29) is 5.60 Å². The van der Waals surface area contributed by atoms with Gasteiger partial charge in [0.05, 0.1) is 6.10 Å². The second-order valence-electron chi connectivity index (χ2n) is 6.54. The van der Waals surface area contributed by atoms with Crippen molar-refractivity contribution >= 4 is 0 Å². The van der Waals surface area contributed by atoms with E-state index in [9.17, 15) is 0 Å². The fourth-order valence-electron chi connectivity index (χ4n) is 4.27. The number of piperidine rings is 2. The van der Waals surface area contributed by atoms with Gasteiger partial charge in [-0.2, -0.15) is 0 Å². The number of likely N-dealkylation sites (tertiary alicyclic amines) is 1. The number of hydrogen-bond donors (Lipinski definition) is 1. The molecule has 0 amide bonds. The largest absolute Gasteiger partial charge is 0.362 e. The maximum Gasteiger partial charge on any atom is 0.102 e. The van der Waals surface area contributed by atoms with Crippen LogP contribution in [0, 0.1) is 5.92 Å². The highest BCUT2D eigenvalue weighted by Gasteiger charge is 2.56. The molecule has 0 saturated carbocycles. The van der Waals surface area contributed by atoms with Crippen LogP contribution in [0.15, 0.2) is 12.2 Å². The summed E-state index contributed by atoms with van der Waals surface area (Å²) in [6, 6.07) is 0. The zero-order valence-corrected chi connectivity index (χ0v) is 10.6. The predicted molar refractivity (Wildman–Crippen MR) is 66.9 cm³/mol. The summed E-state index contributed by atoms with van der Waals surface area (Å²) in [4.78, 5) is 2.45. The summed E-state index contributed by atoms with van der Waals surface area (Å²) in [7, 11) is 2.24. The zero-order valence-electron chi connectivity index (χ0n) is 10.6. The molecule has 2 spiro atoms. The molecule has 0 aromatic rings. The van der Waals surface area contributed by atoms with Gasteiger partial charge in [0.25, 0.3) is 0 Å². The number of fused-ring (bicyclic) bond motifs is 1. The van der Waals surface area contributed by atoms with Crippen molar-refractivity contribution in [2.45, 2.75) is 42.9 Å². The second kappa shape index (κ2) is 3.34. The van der Waals surface area contributed by atoms with Crippen molar-refractivity contribution in [1.29, 1.82) is 0 Å². The molecule has 3 nitrogen and oxygen atoms in total. The Hall–Kier alpha value is -0.380. The Morgan fingerprint density at radius 3 is 2.94 bits per heavy atom. The van der Waals surface area contributed by atoms with Crippen LogP contribution in [0.5, 0.6) is 0 Å². The third-order valence-electron chi connectivity index (χ3n) is 5.49. The molecule has 4 heterocycles. The third kappa shape index (κ3) is 1.46. The average Bonchev–Trinajstić information content (AvgIpc) is 2.89. The normalized spacial score (nSPS) is 47.6. The Labute approximate surface area is 103 Å². The Morgan fingerprint density at radius 2 is 2.18 bits per heavy atom. The number of hydrogen-bond acceptors (Lipinski definition) is 3. The fraction of sp³-hybridized carbons (Fsp3) is 0.857. The summed E-state index contributed by atoms with van der Waals surface area (Å²) in [5, 5.41) is 3.84. The van der Waals surface area contributed by atoms with Crippen molar-refractivity contribution in [3.63, 3.8) is 0 Å². The Balaban J connectivity index is 1.54. The van der Waals surface area contributed by atoms with E-state index in [1.165, 1.54) is 38.8 Å². The van der Waals surface area contributed by atoms with Gasteiger partial charge in [0.15, 0.2) is 0 Å². The van der Waals surface area contributed by atoms with E-state index < -0.39 is 0 Å². The van der Waals surface area contributed by atoms with Crippen molar-refractivity contribution in [2.75, 3.05) is 26.7 Å². The van der Waals surface area contributed by atoms with Gasteiger partial charge in [0.2, 0.25) is 0 Å². The first kappa shape index (κ1) is 10.5. The Morgan fingerprint density at radius 1 is 1.35 bits per heavy atom. The van der Waals surface area contributed by atoms with Gasteiger partial charge in [-0.1, -0.05) is 12.2 Å². The van der Waals surface area contributed by atoms with Crippen molar-refractivity contribution in [3.05, 3.63) is 12.2 Å². The summed E-state index contributed by atoms with van der Waals surface area (Å²) < 4.78 is 6.13. The number of rotatable bonds is 0. The lowest BCUT2D eigenvalue weighted by molar-refractivity contribution is -0.0321. The van der Waals surface area contributed by atoms with E-state index in [1.807, 2.05) is 0 Å². The molecule has 1 N–H and O–H groups in total. The Kier molecular flexibility index (Phi) is 2.07. The molecular weight excluding hydrogens is 212 g/mol. The van der Waals surface area contributed by atoms with Crippen molar-refractivity contribution < 1.29 is 4.74 Å². The molecular formula is C14H22N2O. The van der Waals surface area contributed by atoms with Crippen molar-refractivity contribution in [1.82, 2.24) is 10.2 Å². The van der Waals surface area contributed by atoms with Gasteiger partial charge >= 0.3 is 0 Å². The van der Waals surface area contributed by atoms with Crippen LogP contribution in [-0.4, -0.2) is 48.8 Å². The van der Waals surface area contributed by atoms with Crippen LogP contribution in [0.25, 0.3) is 0 Å². The maximum absolute atomic E-state index is 6.13. The van der Waals surface area contributed by atoms with E-state index >= 15 is 0 Å². The topological polar surface area (TPSA) is 24.5 Å². The van der Waals surface area contributed by atoms with E-state index in [1.54, 1.807) is 0 Å². The standard InChI is InChI=1S/C14H22N2O/c1-16-6-4-13(5-7-16)9-11-8-12-2-3-14(11,17-12)10-15-13/h2-3,11-12,15H,4-10H2,1H3/t11-,12-,14+/m0/s1. The molecule has 4 aliphatic heterocycles. The molecule has 4 aliphatic rings. The lowest BCUT2D eigenvalue weighted by Crippen LogP contribution is -2.63. The summed E-state index contributed by atoms with van der Waals surface area (Å²) in [6.07, 6.45) is 10.2. The molecule has 0 aliphatic carbocycles. The molecule has 3 heteroatoms. The van der Waals surface area contributed by atoms with E-state index in [2.05, 4.69) is 29.4 Å². The first-order valence-corrected chi connectivity index (χ1v) is 7.01. The SMILES string of the molecule is CN1CCC2(CC1)C[C@@H]1C[C@@H]3C=C[C@]1(CN2)O3. The van der Waals surface area contributed by atoms with Crippen LogP contribution in [0.4, 0.5) is 0 Å². The molecule has 0 aromatic carbocycles. The fourth-order valence-corrected chi connectivity index (χ4v) is 4.27. The molecule has 94 valence electrons. The van der Waals surface area contributed by atoms with Gasteiger partial charge in [0, 0.05) is 12.1 Å². The van der Waals surface area contributed by atoms with Gasteiger partial charge in [0.1, 0.15) is 5.60 Å². The average molecular weight is 234 g/mol. The van der Waals surface area contributed by atoms with E-state index in [0.717, 1.165) is 12.5 Å². The highest BCUT2D eigenvalue weighted by molar-refractivity contribution is 5.24. The highest BCUT2D eigenvalue weighted by Crippen LogP contribution is 2.50. The molecule has 3 atom stereocenters. The Bertz CT molecular complexity index is 359. The molecule has 0 aromatic heterocycles. The van der Waals surface area contributed by atoms with Gasteiger partial charge in [-0.05, 0) is 51.7 Å². The molecule has 17 heavy (non-hydrogen) atoms. The van der Waals surface area contributed by atoms with Crippen molar-refractivity contribution in [2.24, 2.45) is 5.92 Å². The highest BCUT2D eigenvalue weighted by atomic mass is 16.5. The summed E-state index contributed by atoms with van der Waals surface area (Å²) in [6.45, 7) is 3.52. The first-order valence-electron chi connectivity index (χ1n) is 7.01. The number of nitrogens with zero attached hydrogens (tertiary/aromatic N) is 1. The van der Waals surface area contributed by atoms with Gasteiger partial charge in [-0.3, -0.25) is 0 Å². The van der Waals surface area contributed by atoms with Crippen molar-refractivity contribution in [3.8, 4) is 0 Å². The van der Waals surface area contributed by atoms with Crippen LogP contribution in [0.2, 0.25) is 0 Å². The van der Waals surface area contributed by atoms with Crippen LogP contribution < -0.4 is 5.32 Å². The monoisotopic (exact) mass is 234 g/mol. The van der Waals surface area contributed by atoms with Crippen LogP contribution in [0.3, 0.4) is 0 Å². The summed E-state index contributed by atoms with van der Waals surface area (Å²) in [5.41, 5.74) is 0.489. The van der Waals surface area contributed by atoms with Crippen LogP contribution in [0.1, 0.15) is 25.7 Å². The van der Waals surface area contributed by atoms with Crippen LogP contribution in [-0.2, 0) is 4.74 Å². The molecule has 0 unspecified atom stereocenters. The lowest BCUT2D eigenvalue weighted by Gasteiger charge is -2.50. The number of ether oxygens (including phenoxy) is 1. The minimum atomic E-state index is 0.0687. The van der Waals surface area contributed by atoms with Gasteiger partial charge < -0.3 is 15.0 Å². The van der Waals surface area contributed by atoms with Gasteiger partial charge in [-0.25, -0.2) is 0 Å². The van der Waals surface area contributed by atoms with E-state index in [4.69, 9.17) is 4.74 Å². The molecule has 2 bridgehead atoms. The second-order valence-corrected chi connectivity index (χ2v) is 6.54. The summed E-state index contributed by atoms with van der Waals surface area (Å²) >= 11 is 0. The van der Waals surface area contributed by atoms with Crippen LogP contribution >= 0.6 is 0 Å². The van der Waals surface area contributed by atoms with Gasteiger partial charge in [-0.15, -0.1) is 0 Å². The smallest absolute Gasteiger partial charge is 0.102 e. The molecule has 3 fully saturated rings. The molecule has 3 saturated heterocycles. The zero-order chi connectivity index (χ0) is 11.5. The predicted octanol–water partition coefficient (Wildman–Crippen LogP) is 1.16. The van der Waals surface area contributed by atoms with E-state index in [0.29, 0.717) is 11.6 Å². The quantitative estimate of drug-likeness (QED) is 0.637. The minimum absolute atomic E-state index is 0.0687. The third-order valence-corrected chi connectivity index (χ3v) is 5.49. The molecule has 0 radical (unpaired) electrons. The lowest BCUT2D eigenvalue weighted by atomic mass is 9.68.